The zero-order chi connectivity index (χ0) is 17.1. The van der Waals surface area contributed by atoms with E-state index in [-0.39, 0.29) is 5.82 Å². The van der Waals surface area contributed by atoms with Crippen LogP contribution in [0.5, 0.6) is 0 Å². The van der Waals surface area contributed by atoms with Gasteiger partial charge in [0.2, 0.25) is 0 Å². The van der Waals surface area contributed by atoms with Crippen molar-refractivity contribution < 1.29 is 24.2 Å². The quantitative estimate of drug-likeness (QED) is 0.548. The number of rotatable bonds is 6. The van der Waals surface area contributed by atoms with Crippen molar-refractivity contribution in [1.82, 2.24) is 14.9 Å². The average Bonchev–Trinajstić information content (AvgIpc) is 3.02. The summed E-state index contributed by atoms with van der Waals surface area (Å²) in [5.41, 5.74) is 1.11. The van der Waals surface area contributed by atoms with Gasteiger partial charge in [-0.05, 0) is 30.7 Å². The Balaban J connectivity index is 0.000000379. The molecule has 0 bridgehead atoms. The normalized spacial score (nSPS) is 9.78. The van der Waals surface area contributed by atoms with Crippen LogP contribution >= 0.6 is 0 Å². The number of aromatic nitrogens is 2. The molecule has 0 saturated heterocycles. The summed E-state index contributed by atoms with van der Waals surface area (Å²) in [5.74, 6) is -3.83. The van der Waals surface area contributed by atoms with E-state index in [0.717, 1.165) is 31.6 Å². The lowest BCUT2D eigenvalue weighted by Crippen LogP contribution is -2.16. The lowest BCUT2D eigenvalue weighted by Gasteiger charge is -2.05. The summed E-state index contributed by atoms with van der Waals surface area (Å²) in [5, 5.41) is 18.1. The molecule has 1 heterocycles. The first kappa shape index (κ1) is 18.3. The number of carboxylic acids is 2. The van der Waals surface area contributed by atoms with E-state index in [0.29, 0.717) is 0 Å². The molecule has 8 heteroatoms. The molecule has 0 unspecified atom stereocenters. The fraction of sp³-hybridized carbons (Fsp3) is 0.267. The van der Waals surface area contributed by atoms with Crippen molar-refractivity contribution in [2.45, 2.75) is 19.5 Å². The summed E-state index contributed by atoms with van der Waals surface area (Å²) in [6, 6.07) is 6.58. The number of hydrogen-bond donors (Lipinski definition) is 3. The van der Waals surface area contributed by atoms with Gasteiger partial charge in [-0.2, -0.15) is 0 Å². The van der Waals surface area contributed by atoms with Crippen molar-refractivity contribution >= 4 is 11.9 Å². The Hall–Kier alpha value is -2.74. The minimum Gasteiger partial charge on any atom is -0.473 e. The van der Waals surface area contributed by atoms with Crippen LogP contribution < -0.4 is 5.32 Å². The van der Waals surface area contributed by atoms with Gasteiger partial charge in [-0.15, -0.1) is 0 Å². The number of carboxylic acid groups (broad SMARTS) is 2. The van der Waals surface area contributed by atoms with Gasteiger partial charge in [0.1, 0.15) is 5.82 Å². The van der Waals surface area contributed by atoms with Crippen molar-refractivity contribution in [2.24, 2.45) is 0 Å². The van der Waals surface area contributed by atoms with Gasteiger partial charge >= 0.3 is 11.9 Å². The van der Waals surface area contributed by atoms with Crippen molar-refractivity contribution in [3.8, 4) is 0 Å². The first-order valence-electron chi connectivity index (χ1n) is 6.86. The Morgan fingerprint density at radius 2 is 1.83 bits per heavy atom. The highest BCUT2D eigenvalue weighted by molar-refractivity contribution is 6.27. The number of nitrogens with zero attached hydrogens (tertiary/aromatic N) is 2. The van der Waals surface area contributed by atoms with E-state index in [9.17, 15) is 4.39 Å². The summed E-state index contributed by atoms with van der Waals surface area (Å²) in [4.78, 5) is 22.2. The molecule has 0 spiro atoms. The summed E-state index contributed by atoms with van der Waals surface area (Å²) in [6.07, 6.45) is 6.61. The van der Waals surface area contributed by atoms with Gasteiger partial charge < -0.3 is 20.1 Å². The molecular weight excluding hydrogens is 305 g/mol. The van der Waals surface area contributed by atoms with Crippen molar-refractivity contribution in [1.29, 1.82) is 0 Å². The Morgan fingerprint density at radius 3 is 2.35 bits per heavy atom. The standard InChI is InChI=1S/C13H16FN3.C2H2O4/c14-13-4-2-12(3-5-13)10-15-6-1-8-17-9-7-16-11-17;3-1(4)2(5)6/h2-5,7,9,11,15H,1,6,8,10H2;(H,3,4)(H,5,6). The highest BCUT2D eigenvalue weighted by Gasteiger charge is 2.04. The molecule has 3 N–H and O–H groups in total. The van der Waals surface area contributed by atoms with Crippen molar-refractivity contribution in [3.63, 3.8) is 0 Å². The predicted octanol–water partition coefficient (Wildman–Crippen LogP) is 1.36. The second kappa shape index (κ2) is 10.1. The molecule has 7 nitrogen and oxygen atoms in total. The minimum atomic E-state index is -1.82. The lowest BCUT2D eigenvalue weighted by molar-refractivity contribution is -0.159. The molecule has 0 amide bonds. The average molecular weight is 323 g/mol. The Morgan fingerprint density at radius 1 is 1.17 bits per heavy atom. The molecule has 1 aromatic carbocycles. The Kier molecular flexibility index (Phi) is 8.01. The zero-order valence-electron chi connectivity index (χ0n) is 12.4. The molecule has 0 radical (unpaired) electrons. The maximum atomic E-state index is 12.7. The molecule has 124 valence electrons. The molecule has 0 atom stereocenters. The van der Waals surface area contributed by atoms with E-state index in [1.807, 2.05) is 12.5 Å². The number of imidazole rings is 1. The van der Waals surface area contributed by atoms with Gasteiger partial charge in [-0.1, -0.05) is 12.1 Å². The molecule has 23 heavy (non-hydrogen) atoms. The second-order valence-corrected chi connectivity index (χ2v) is 4.57. The number of carbonyl (C=O) groups is 2. The molecular formula is C15H18FN3O4. The van der Waals surface area contributed by atoms with Crippen LogP contribution in [-0.2, 0) is 22.7 Å². The van der Waals surface area contributed by atoms with Crippen LogP contribution in [-0.4, -0.2) is 38.2 Å². The number of aryl methyl sites for hydroxylation is 1. The van der Waals surface area contributed by atoms with Crippen LogP contribution in [0.1, 0.15) is 12.0 Å². The van der Waals surface area contributed by atoms with E-state index in [2.05, 4.69) is 14.9 Å². The number of aliphatic carboxylic acids is 2. The summed E-state index contributed by atoms with van der Waals surface area (Å²) in [7, 11) is 0. The molecule has 0 aliphatic rings. The van der Waals surface area contributed by atoms with Gasteiger partial charge in [0, 0.05) is 25.5 Å². The molecule has 0 aliphatic heterocycles. The second-order valence-electron chi connectivity index (χ2n) is 4.57. The molecule has 0 fully saturated rings. The maximum Gasteiger partial charge on any atom is 0.414 e. The summed E-state index contributed by atoms with van der Waals surface area (Å²) in [6.45, 7) is 2.69. The van der Waals surface area contributed by atoms with Crippen LogP contribution in [0, 0.1) is 5.82 Å². The van der Waals surface area contributed by atoms with Crippen molar-refractivity contribution in [2.75, 3.05) is 6.54 Å². The smallest absolute Gasteiger partial charge is 0.414 e. The van der Waals surface area contributed by atoms with Crippen LogP contribution in [0.25, 0.3) is 0 Å². The van der Waals surface area contributed by atoms with Crippen LogP contribution in [0.15, 0.2) is 43.0 Å². The summed E-state index contributed by atoms with van der Waals surface area (Å²) >= 11 is 0. The Bertz CT molecular complexity index is 588. The maximum absolute atomic E-state index is 12.7. The minimum absolute atomic E-state index is 0.186. The molecule has 1 aromatic heterocycles. The summed E-state index contributed by atoms with van der Waals surface area (Å²) < 4.78 is 14.7. The first-order chi connectivity index (χ1) is 11.0. The molecule has 0 aliphatic carbocycles. The van der Waals surface area contributed by atoms with Gasteiger partial charge in [0.25, 0.3) is 0 Å². The molecule has 2 aromatic rings. The van der Waals surface area contributed by atoms with Crippen molar-refractivity contribution in [3.05, 3.63) is 54.4 Å². The van der Waals surface area contributed by atoms with E-state index < -0.39 is 11.9 Å². The monoisotopic (exact) mass is 323 g/mol. The van der Waals surface area contributed by atoms with Gasteiger partial charge in [0.15, 0.2) is 0 Å². The highest BCUT2D eigenvalue weighted by Crippen LogP contribution is 2.02. The van der Waals surface area contributed by atoms with Gasteiger partial charge in [-0.25, -0.2) is 19.0 Å². The van der Waals surface area contributed by atoms with E-state index in [1.54, 1.807) is 18.3 Å². The third kappa shape index (κ3) is 8.32. The van der Waals surface area contributed by atoms with Gasteiger partial charge in [0.05, 0.1) is 6.33 Å². The number of nitrogens with one attached hydrogen (secondary N) is 1. The van der Waals surface area contributed by atoms with E-state index >= 15 is 0 Å². The largest absolute Gasteiger partial charge is 0.473 e. The van der Waals surface area contributed by atoms with Gasteiger partial charge in [-0.3, -0.25) is 0 Å². The molecule has 0 saturated carbocycles. The fourth-order valence-electron chi connectivity index (χ4n) is 1.64. The predicted molar refractivity (Wildman–Crippen MR) is 80.2 cm³/mol. The van der Waals surface area contributed by atoms with E-state index in [1.165, 1.54) is 12.1 Å². The SMILES string of the molecule is Fc1ccc(CNCCCn2ccnc2)cc1.O=C(O)C(=O)O. The third-order valence-electron chi connectivity index (χ3n) is 2.75. The lowest BCUT2D eigenvalue weighted by atomic mass is 10.2. The van der Waals surface area contributed by atoms with Crippen LogP contribution in [0.2, 0.25) is 0 Å². The third-order valence-corrected chi connectivity index (χ3v) is 2.75. The highest BCUT2D eigenvalue weighted by atomic mass is 19.1. The zero-order valence-corrected chi connectivity index (χ0v) is 12.4. The molecule has 2 rings (SSSR count). The van der Waals surface area contributed by atoms with Crippen LogP contribution in [0.4, 0.5) is 4.39 Å². The number of benzene rings is 1. The van der Waals surface area contributed by atoms with Crippen LogP contribution in [0.3, 0.4) is 0 Å². The fourth-order valence-corrected chi connectivity index (χ4v) is 1.64. The number of hydrogen-bond acceptors (Lipinski definition) is 4. The Labute approximate surface area is 132 Å². The first-order valence-corrected chi connectivity index (χ1v) is 6.86. The number of halogens is 1. The topological polar surface area (TPSA) is 104 Å². The van der Waals surface area contributed by atoms with E-state index in [4.69, 9.17) is 19.8 Å².